The van der Waals surface area contributed by atoms with Crippen LogP contribution < -0.4 is 9.80 Å². The van der Waals surface area contributed by atoms with Crippen LogP contribution >= 0.6 is 0 Å². The monoisotopic (exact) mass is 1390 g/mol. The first-order chi connectivity index (χ1) is 52.7. The fraction of sp³-hybridized carbons (Fsp3) is 0.429. The highest BCUT2D eigenvalue weighted by Gasteiger charge is 2.66. The van der Waals surface area contributed by atoms with Crippen molar-refractivity contribution in [2.45, 2.75) is 182 Å². The van der Waals surface area contributed by atoms with Crippen LogP contribution in [0.5, 0.6) is 0 Å². The average Bonchev–Trinajstić information content (AvgIpc) is 1.55. The predicted molar refractivity (Wildman–Crippen MR) is 437 cm³/mol. The van der Waals surface area contributed by atoms with Crippen molar-refractivity contribution in [1.29, 1.82) is 0 Å². The van der Waals surface area contributed by atoms with Crippen LogP contribution in [0.1, 0.15) is 211 Å². The Hall–Kier alpha value is -8.20. The van der Waals surface area contributed by atoms with E-state index in [-0.39, 0.29) is 27.1 Å². The third-order valence-electron chi connectivity index (χ3n) is 35.7. The molecular formula is C105H102N2. The van der Waals surface area contributed by atoms with E-state index in [1.807, 2.05) is 0 Å². The fourth-order valence-corrected chi connectivity index (χ4v) is 33.1. The number of hydrogen-bond donors (Lipinski definition) is 0. The summed E-state index contributed by atoms with van der Waals surface area (Å²) in [5.41, 5.74) is 36.0. The van der Waals surface area contributed by atoms with E-state index in [2.05, 4.69) is 242 Å². The van der Waals surface area contributed by atoms with Gasteiger partial charge in [-0.25, -0.2) is 0 Å². The summed E-state index contributed by atoms with van der Waals surface area (Å²) in [6.45, 7) is 4.94. The van der Waals surface area contributed by atoms with Gasteiger partial charge in [0.25, 0.3) is 0 Å². The summed E-state index contributed by atoms with van der Waals surface area (Å²) in [6.07, 6.45) is 30.2. The van der Waals surface area contributed by atoms with Crippen molar-refractivity contribution < 1.29 is 0 Å². The normalized spacial score (nSPS) is 35.6. The van der Waals surface area contributed by atoms with E-state index >= 15 is 0 Å². The van der Waals surface area contributed by atoms with Crippen LogP contribution in [0.15, 0.2) is 218 Å². The van der Waals surface area contributed by atoms with Crippen molar-refractivity contribution >= 4 is 34.1 Å². The Morgan fingerprint density at radius 2 is 0.421 bits per heavy atom. The zero-order valence-corrected chi connectivity index (χ0v) is 63.0. The quantitative estimate of drug-likeness (QED) is 0.135. The molecule has 10 aromatic rings. The maximum absolute atomic E-state index is 2.77. The van der Waals surface area contributed by atoms with Crippen LogP contribution in [0.4, 0.5) is 34.1 Å². The Morgan fingerprint density at radius 1 is 0.224 bits per heavy atom. The van der Waals surface area contributed by atoms with Crippen LogP contribution in [0, 0.1) is 94.7 Å². The topological polar surface area (TPSA) is 6.48 Å². The van der Waals surface area contributed by atoms with E-state index in [4.69, 9.17) is 0 Å². The molecule has 0 aromatic heterocycles. The molecule has 20 aliphatic rings. The lowest BCUT2D eigenvalue weighted by atomic mass is 9.43. The maximum atomic E-state index is 2.77. The molecule has 4 spiro atoms. The number of fused-ring (bicyclic) bond motifs is 12. The molecule has 0 heterocycles. The summed E-state index contributed by atoms with van der Waals surface area (Å²) < 4.78 is 0. The predicted octanol–water partition coefficient (Wildman–Crippen LogP) is 26.6. The second-order valence-corrected chi connectivity index (χ2v) is 39.3. The molecule has 10 aromatic carbocycles. The molecule has 30 rings (SSSR count). The molecular weight excluding hydrogens is 1290 g/mol. The highest BCUT2D eigenvalue weighted by atomic mass is 15.2. The van der Waals surface area contributed by atoms with Gasteiger partial charge in [0, 0.05) is 61.2 Å². The Kier molecular flexibility index (Phi) is 12.5. The number of hydrogen-bond acceptors (Lipinski definition) is 2. The minimum atomic E-state index is -0.195. The molecule has 20 aliphatic carbocycles. The molecule has 0 amide bonds. The van der Waals surface area contributed by atoms with E-state index < -0.39 is 0 Å². The summed E-state index contributed by atoms with van der Waals surface area (Å²) in [4.78, 5) is 5.50. The Morgan fingerprint density at radius 3 is 0.636 bits per heavy atom. The maximum Gasteiger partial charge on any atom is 0.0465 e. The van der Waals surface area contributed by atoms with Crippen LogP contribution in [-0.2, 0) is 27.1 Å². The van der Waals surface area contributed by atoms with Crippen molar-refractivity contribution in [1.82, 2.24) is 0 Å². The minimum Gasteiger partial charge on any atom is -0.310 e. The van der Waals surface area contributed by atoms with Gasteiger partial charge in [0.05, 0.1) is 0 Å². The van der Waals surface area contributed by atoms with Gasteiger partial charge in [-0.15, -0.1) is 0 Å². The SMILES string of the molecule is CCC(CC)(c1ccc(N(c2ccc3c(c2)C2(c4ccccc4-3)C3CC4CC(C3)CC2C4)c2ccc3c(c2)C2(c4ccccc4-3)C3CC4CC(C3)CC2C4)cc1)c1ccc(N(c2ccc3c(c2)C2(c4ccccc4-3)C3CC4CC(C3)CC2C4)c2ccc3c(c2)C2(c4ccccc4-3)C3CC4CC(C3)CC2C4)cc1. The van der Waals surface area contributed by atoms with E-state index in [1.165, 1.54) is 218 Å². The first kappa shape index (κ1) is 61.7. The van der Waals surface area contributed by atoms with Crippen molar-refractivity contribution in [3.63, 3.8) is 0 Å². The molecule has 0 radical (unpaired) electrons. The lowest BCUT2D eigenvalue weighted by Crippen LogP contribution is -2.55. The van der Waals surface area contributed by atoms with Gasteiger partial charge in [-0.3, -0.25) is 0 Å². The van der Waals surface area contributed by atoms with Crippen LogP contribution in [0.3, 0.4) is 0 Å². The number of rotatable bonds is 10. The molecule has 107 heavy (non-hydrogen) atoms. The lowest BCUT2D eigenvalue weighted by molar-refractivity contribution is -0.0399. The Balaban J connectivity index is 0.615. The van der Waals surface area contributed by atoms with Gasteiger partial charge in [0.2, 0.25) is 0 Å². The van der Waals surface area contributed by atoms with Gasteiger partial charge in [-0.2, -0.15) is 0 Å². The van der Waals surface area contributed by atoms with Crippen LogP contribution in [0.2, 0.25) is 0 Å². The van der Waals surface area contributed by atoms with Gasteiger partial charge in [-0.05, 0) is 409 Å². The van der Waals surface area contributed by atoms with Crippen molar-refractivity contribution in [3.05, 3.63) is 274 Å². The highest BCUT2D eigenvalue weighted by Crippen LogP contribution is 2.75. The largest absolute Gasteiger partial charge is 0.310 e. The van der Waals surface area contributed by atoms with E-state index in [1.54, 1.807) is 44.5 Å². The smallest absolute Gasteiger partial charge is 0.0465 e. The highest BCUT2D eigenvalue weighted by molar-refractivity contribution is 5.92. The standard InChI is InChI=1S/C105H102N2/c1-3-101(4-2,69-21-25-79(26-22-69)106(81-29-33-89-85-13-5-9-17-93(85)102(97(89)57-81)71-41-61-37-62(43-71)44-72(102)42-61)82-30-34-90-86-14-6-10-18-94(86)103(98(90)58-82)73-45-63-38-64(47-73)48-74(103)46-63)70-23-27-80(28-24-70)107(83-31-35-91-87-15-7-11-19-95(87)104(99(91)59-83)75-49-65-39-66(51-75)52-76(104)50-65)84-32-36-92-88-16-8-12-20-96(88)105(100(92)60-84)77-53-67-40-68(55-77)56-78(105)54-67/h5-36,57-68,71-78H,3-4,37-56H2,1-2H3. The molecule has 2 nitrogen and oxygen atoms in total. The molecule has 0 saturated heterocycles. The second-order valence-electron chi connectivity index (χ2n) is 39.3. The average molecular weight is 1390 g/mol. The van der Waals surface area contributed by atoms with E-state index in [0.717, 1.165) is 60.2 Å². The van der Waals surface area contributed by atoms with Gasteiger partial charge in [-0.1, -0.05) is 159 Å². The molecule has 532 valence electrons. The summed E-state index contributed by atoms with van der Waals surface area (Å²) in [5.74, 6) is 12.9. The van der Waals surface area contributed by atoms with Crippen molar-refractivity contribution in [2.75, 3.05) is 9.80 Å². The Bertz CT molecular complexity index is 4690. The van der Waals surface area contributed by atoms with Gasteiger partial charge in [0.1, 0.15) is 0 Å². The molecule has 0 unspecified atom stereocenters. The van der Waals surface area contributed by atoms with E-state index in [0.29, 0.717) is 47.3 Å². The third kappa shape index (κ3) is 7.68. The number of anilines is 6. The van der Waals surface area contributed by atoms with E-state index in [9.17, 15) is 0 Å². The summed E-state index contributed by atoms with van der Waals surface area (Å²) in [5, 5.41) is 0. The van der Waals surface area contributed by atoms with Crippen LogP contribution in [-0.4, -0.2) is 0 Å². The summed E-state index contributed by atoms with van der Waals surface area (Å²) >= 11 is 0. The first-order valence-electron chi connectivity index (χ1n) is 43.5. The van der Waals surface area contributed by atoms with Gasteiger partial charge in [0.15, 0.2) is 0 Å². The van der Waals surface area contributed by atoms with Crippen LogP contribution in [0.25, 0.3) is 44.5 Å². The van der Waals surface area contributed by atoms with Crippen molar-refractivity contribution in [2.24, 2.45) is 94.7 Å². The van der Waals surface area contributed by atoms with Gasteiger partial charge < -0.3 is 9.80 Å². The summed E-state index contributed by atoms with van der Waals surface area (Å²) in [7, 11) is 0. The number of benzene rings is 10. The number of nitrogens with zero attached hydrogens (tertiary/aromatic N) is 2. The molecule has 0 atom stereocenters. The second kappa shape index (κ2) is 21.6. The molecule has 16 saturated carbocycles. The summed E-state index contributed by atoms with van der Waals surface area (Å²) in [6, 6.07) is 91.1. The molecule has 16 bridgehead atoms. The molecule has 0 N–H and O–H groups in total. The molecule has 16 fully saturated rings. The lowest BCUT2D eigenvalue weighted by Gasteiger charge is -2.61. The Labute approximate surface area is 635 Å². The minimum absolute atomic E-state index is 0.0824. The molecule has 0 aliphatic heterocycles. The zero-order valence-electron chi connectivity index (χ0n) is 63.0. The van der Waals surface area contributed by atoms with Crippen molar-refractivity contribution in [3.8, 4) is 44.5 Å². The fourth-order valence-electron chi connectivity index (χ4n) is 33.1. The first-order valence-corrected chi connectivity index (χ1v) is 43.5. The molecule has 2 heteroatoms. The zero-order chi connectivity index (χ0) is 69.8. The third-order valence-corrected chi connectivity index (χ3v) is 35.7. The van der Waals surface area contributed by atoms with Gasteiger partial charge >= 0.3 is 0 Å².